The summed E-state index contributed by atoms with van der Waals surface area (Å²) < 4.78 is 84.9. The van der Waals surface area contributed by atoms with E-state index in [-0.39, 0.29) is 49.7 Å². The molecule has 0 bridgehead atoms. The van der Waals surface area contributed by atoms with Crippen molar-refractivity contribution < 1.29 is 41.0 Å². The molecule has 1 fully saturated rings. The van der Waals surface area contributed by atoms with Crippen molar-refractivity contribution in [3.05, 3.63) is 70.8 Å². The fourth-order valence-corrected chi connectivity index (χ4v) is 4.68. The first kappa shape index (κ1) is 30.9. The third kappa shape index (κ3) is 8.35. The monoisotopic (exact) mass is 553 g/mol. The fraction of sp³-hybridized carbons (Fsp3) is 0.500. The normalized spacial score (nSPS) is 17.2. The van der Waals surface area contributed by atoms with Gasteiger partial charge in [0.05, 0.1) is 24.3 Å². The molecule has 1 saturated heterocycles. The van der Waals surface area contributed by atoms with Gasteiger partial charge >= 0.3 is 18.3 Å². The summed E-state index contributed by atoms with van der Waals surface area (Å²) in [7, 11) is 0. The zero-order valence-corrected chi connectivity index (χ0v) is 21.1. The molecule has 3 rings (SSSR count). The number of benzene rings is 2. The van der Waals surface area contributed by atoms with Gasteiger partial charge in [-0.05, 0) is 68.6 Å². The molecule has 0 saturated carbocycles. The Morgan fingerprint density at radius 1 is 1.00 bits per heavy atom. The lowest BCUT2D eigenvalue weighted by Crippen LogP contribution is -2.48. The first-order valence-corrected chi connectivity index (χ1v) is 11.7. The van der Waals surface area contributed by atoms with Gasteiger partial charge in [0, 0.05) is 17.9 Å². The Labute approximate surface area is 218 Å². The zero-order valence-electron chi connectivity index (χ0n) is 20.2. The SMILES string of the molecule is CC(CCC(=O)O)N1CCC(COCc2cc(C(F)(F)F)cc(C(F)(F)F)c2)(c2ccccc2)CC1.Cl. The second-order valence-corrected chi connectivity index (χ2v) is 9.37. The highest BCUT2D eigenvalue weighted by atomic mass is 35.5. The standard InChI is InChI=1S/C26H29F6NO3.ClH/c1-18(7-8-23(34)35)33-11-9-24(10-12-33,20-5-3-2-4-6-20)17-36-16-19-13-21(25(27,28)29)15-22(14-19)26(30,31)32;/h2-6,13-15,18H,7-12,16-17H2,1H3,(H,34,35);1H. The molecular formula is C26H30ClF6NO3. The maximum atomic E-state index is 13.2. The van der Waals surface area contributed by atoms with Crippen molar-refractivity contribution in [1.29, 1.82) is 0 Å². The lowest BCUT2D eigenvalue weighted by Gasteiger charge is -2.44. The minimum Gasteiger partial charge on any atom is -0.481 e. The molecule has 4 nitrogen and oxygen atoms in total. The maximum absolute atomic E-state index is 13.2. The Morgan fingerprint density at radius 3 is 2.03 bits per heavy atom. The van der Waals surface area contributed by atoms with Gasteiger partial charge in [-0.25, -0.2) is 0 Å². The van der Waals surface area contributed by atoms with Crippen molar-refractivity contribution >= 4 is 18.4 Å². The maximum Gasteiger partial charge on any atom is 0.416 e. The highest BCUT2D eigenvalue weighted by Crippen LogP contribution is 2.39. The molecule has 0 aliphatic carbocycles. The van der Waals surface area contributed by atoms with Gasteiger partial charge in [-0.3, -0.25) is 4.79 Å². The van der Waals surface area contributed by atoms with Gasteiger partial charge in [0.25, 0.3) is 0 Å². The van der Waals surface area contributed by atoms with E-state index < -0.39 is 34.9 Å². The second kappa shape index (κ2) is 12.5. The predicted octanol–water partition coefficient (Wildman–Crippen LogP) is 6.95. The zero-order chi connectivity index (χ0) is 26.6. The molecule has 37 heavy (non-hydrogen) atoms. The molecule has 0 amide bonds. The van der Waals surface area contributed by atoms with Crippen LogP contribution in [-0.4, -0.2) is 41.7 Å². The van der Waals surface area contributed by atoms with Crippen molar-refractivity contribution in [2.75, 3.05) is 19.7 Å². The number of carbonyl (C=O) groups is 1. The van der Waals surface area contributed by atoms with Gasteiger partial charge in [-0.15, -0.1) is 12.4 Å². The third-order valence-electron chi connectivity index (χ3n) is 6.84. The summed E-state index contributed by atoms with van der Waals surface area (Å²) in [4.78, 5) is 13.1. The van der Waals surface area contributed by atoms with Crippen molar-refractivity contribution in [2.24, 2.45) is 0 Å². The number of likely N-dealkylation sites (tertiary alicyclic amines) is 1. The van der Waals surface area contributed by atoms with E-state index in [1.807, 2.05) is 37.3 Å². The van der Waals surface area contributed by atoms with E-state index in [0.717, 1.165) is 5.56 Å². The molecule has 1 aliphatic heterocycles. The van der Waals surface area contributed by atoms with Crippen LogP contribution in [-0.2, 0) is 33.9 Å². The number of nitrogens with zero attached hydrogens (tertiary/aromatic N) is 1. The average Bonchev–Trinajstić information content (AvgIpc) is 2.82. The van der Waals surface area contributed by atoms with Crippen LogP contribution < -0.4 is 0 Å². The summed E-state index contributed by atoms with van der Waals surface area (Å²) in [6.07, 6.45) is -7.92. The lowest BCUT2D eigenvalue weighted by atomic mass is 9.73. The van der Waals surface area contributed by atoms with Crippen LogP contribution >= 0.6 is 12.4 Å². The highest BCUT2D eigenvalue weighted by molar-refractivity contribution is 5.85. The van der Waals surface area contributed by atoms with Crippen LogP contribution in [0.3, 0.4) is 0 Å². The summed E-state index contributed by atoms with van der Waals surface area (Å²) in [6.45, 7) is 3.05. The number of piperidine rings is 1. The van der Waals surface area contributed by atoms with Crippen LogP contribution in [0.4, 0.5) is 26.3 Å². The van der Waals surface area contributed by atoms with Crippen molar-refractivity contribution in [3.63, 3.8) is 0 Å². The van der Waals surface area contributed by atoms with E-state index in [1.54, 1.807) is 0 Å². The largest absolute Gasteiger partial charge is 0.481 e. The highest BCUT2D eigenvalue weighted by Gasteiger charge is 2.39. The van der Waals surface area contributed by atoms with Gasteiger partial charge in [-0.2, -0.15) is 26.3 Å². The molecule has 1 unspecified atom stereocenters. The first-order valence-electron chi connectivity index (χ1n) is 11.7. The number of hydrogen-bond donors (Lipinski definition) is 1. The van der Waals surface area contributed by atoms with Gasteiger partial charge in [-0.1, -0.05) is 30.3 Å². The van der Waals surface area contributed by atoms with Crippen molar-refractivity contribution in [3.8, 4) is 0 Å². The number of alkyl halides is 6. The van der Waals surface area contributed by atoms with Crippen LogP contribution in [0.5, 0.6) is 0 Å². The molecule has 2 aromatic rings. The summed E-state index contributed by atoms with van der Waals surface area (Å²) in [5.41, 5.74) is -2.39. The second-order valence-electron chi connectivity index (χ2n) is 9.37. The van der Waals surface area contributed by atoms with E-state index in [2.05, 4.69) is 4.90 Å². The van der Waals surface area contributed by atoms with E-state index in [9.17, 15) is 31.1 Å². The quantitative estimate of drug-likeness (QED) is 0.341. The number of aliphatic carboxylic acids is 1. The summed E-state index contributed by atoms with van der Waals surface area (Å²) >= 11 is 0. The number of ether oxygens (including phenoxy) is 1. The van der Waals surface area contributed by atoms with Crippen molar-refractivity contribution in [1.82, 2.24) is 4.90 Å². The molecule has 206 valence electrons. The Bertz CT molecular complexity index is 989. The number of halogens is 7. The number of rotatable bonds is 9. The minimum atomic E-state index is -4.91. The molecule has 0 radical (unpaired) electrons. The average molecular weight is 554 g/mol. The number of carboxylic acids is 1. The molecule has 1 N–H and O–H groups in total. The van der Waals surface area contributed by atoms with E-state index in [4.69, 9.17) is 9.84 Å². The van der Waals surface area contributed by atoms with Gasteiger partial charge < -0.3 is 14.7 Å². The van der Waals surface area contributed by atoms with Gasteiger partial charge in [0.15, 0.2) is 0 Å². The summed E-state index contributed by atoms with van der Waals surface area (Å²) in [5.74, 6) is -0.853. The topological polar surface area (TPSA) is 49.8 Å². The number of carboxylic acid groups (broad SMARTS) is 1. The Hall–Kier alpha value is -2.30. The molecule has 1 aliphatic rings. The van der Waals surface area contributed by atoms with Crippen LogP contribution in [0.25, 0.3) is 0 Å². The fourth-order valence-electron chi connectivity index (χ4n) is 4.68. The molecule has 1 heterocycles. The predicted molar refractivity (Wildman–Crippen MR) is 129 cm³/mol. The molecule has 0 aromatic heterocycles. The Kier molecular flexibility index (Phi) is 10.4. The lowest BCUT2D eigenvalue weighted by molar-refractivity contribution is -0.143. The van der Waals surface area contributed by atoms with Crippen LogP contribution in [0, 0.1) is 0 Å². The molecule has 11 heteroatoms. The Morgan fingerprint density at radius 2 is 1.54 bits per heavy atom. The molecule has 1 atom stereocenters. The van der Waals surface area contributed by atoms with Crippen LogP contribution in [0.2, 0.25) is 0 Å². The van der Waals surface area contributed by atoms with E-state index in [0.29, 0.717) is 44.5 Å². The number of hydrogen-bond acceptors (Lipinski definition) is 3. The third-order valence-corrected chi connectivity index (χ3v) is 6.84. The van der Waals surface area contributed by atoms with Crippen molar-refractivity contribution in [2.45, 2.75) is 63.0 Å². The summed E-state index contributed by atoms with van der Waals surface area (Å²) in [6, 6.07) is 11.1. The first-order chi connectivity index (χ1) is 16.8. The smallest absolute Gasteiger partial charge is 0.416 e. The Balaban J connectivity index is 0.00000481. The van der Waals surface area contributed by atoms with Gasteiger partial charge in [0.2, 0.25) is 0 Å². The van der Waals surface area contributed by atoms with Gasteiger partial charge in [0.1, 0.15) is 0 Å². The van der Waals surface area contributed by atoms with Crippen LogP contribution in [0.15, 0.2) is 48.5 Å². The van der Waals surface area contributed by atoms with Crippen LogP contribution in [0.1, 0.15) is 54.9 Å². The minimum absolute atomic E-state index is 0. The van der Waals surface area contributed by atoms with E-state index >= 15 is 0 Å². The summed E-state index contributed by atoms with van der Waals surface area (Å²) in [5, 5.41) is 8.95. The molecular weight excluding hydrogens is 524 g/mol. The molecule has 0 spiro atoms. The molecule has 2 aromatic carbocycles. The van der Waals surface area contributed by atoms with E-state index in [1.165, 1.54) is 0 Å².